The van der Waals surface area contributed by atoms with Crippen molar-refractivity contribution in [1.82, 2.24) is 9.97 Å². The third-order valence-corrected chi connectivity index (χ3v) is 3.21. The number of nitrogens with zero attached hydrogens (tertiary/aromatic N) is 3. The van der Waals surface area contributed by atoms with E-state index in [0.717, 1.165) is 24.6 Å². The molecule has 6 heteroatoms. The minimum atomic E-state index is 0.0864. The molecule has 0 saturated carbocycles. The van der Waals surface area contributed by atoms with E-state index in [4.69, 9.17) is 9.47 Å². The lowest BCUT2D eigenvalue weighted by atomic mass is 10.3. The molecule has 0 aliphatic carbocycles. The fraction of sp³-hybridized carbons (Fsp3) is 0.667. The second-order valence-electron chi connectivity index (χ2n) is 4.39. The van der Waals surface area contributed by atoms with Crippen molar-refractivity contribution < 1.29 is 9.47 Å². The van der Waals surface area contributed by atoms with Crippen LogP contribution >= 0.6 is 0 Å². The summed E-state index contributed by atoms with van der Waals surface area (Å²) < 4.78 is 10.9. The van der Waals surface area contributed by atoms with Gasteiger partial charge in [-0.3, -0.25) is 0 Å². The lowest BCUT2D eigenvalue weighted by Gasteiger charge is -2.17. The minimum absolute atomic E-state index is 0.0864. The molecular formula is C12H20N4O2. The van der Waals surface area contributed by atoms with Crippen molar-refractivity contribution in [2.45, 2.75) is 19.1 Å². The lowest BCUT2D eigenvalue weighted by molar-refractivity contribution is -0.00461. The van der Waals surface area contributed by atoms with Crippen LogP contribution < -0.4 is 10.2 Å². The predicted molar refractivity (Wildman–Crippen MR) is 70.1 cm³/mol. The molecule has 100 valence electrons. The molecule has 1 aromatic heterocycles. The molecule has 0 aromatic carbocycles. The van der Waals surface area contributed by atoms with Crippen LogP contribution in [0.2, 0.25) is 0 Å². The van der Waals surface area contributed by atoms with E-state index in [2.05, 4.69) is 20.2 Å². The molecule has 1 saturated heterocycles. The number of hydrogen-bond acceptors (Lipinski definition) is 6. The highest BCUT2D eigenvalue weighted by Gasteiger charge is 2.33. The molecule has 1 fully saturated rings. The van der Waals surface area contributed by atoms with Gasteiger partial charge in [-0.05, 0) is 6.92 Å². The van der Waals surface area contributed by atoms with Gasteiger partial charge in [-0.2, -0.15) is 4.98 Å². The summed E-state index contributed by atoms with van der Waals surface area (Å²) in [5.74, 6) is 1.55. The third-order valence-electron chi connectivity index (χ3n) is 3.21. The van der Waals surface area contributed by atoms with E-state index in [1.54, 1.807) is 14.2 Å². The van der Waals surface area contributed by atoms with Crippen LogP contribution in [0.4, 0.5) is 11.8 Å². The Labute approximate surface area is 107 Å². The van der Waals surface area contributed by atoms with E-state index in [9.17, 15) is 0 Å². The second-order valence-corrected chi connectivity index (χ2v) is 4.39. The molecule has 1 aliphatic rings. The van der Waals surface area contributed by atoms with Gasteiger partial charge in [0.1, 0.15) is 18.0 Å². The summed E-state index contributed by atoms with van der Waals surface area (Å²) in [7, 11) is 5.24. The Morgan fingerprint density at radius 1 is 1.22 bits per heavy atom. The van der Waals surface area contributed by atoms with Crippen molar-refractivity contribution >= 4 is 11.8 Å². The first-order chi connectivity index (χ1) is 8.67. The Hall–Kier alpha value is -1.40. The maximum Gasteiger partial charge on any atom is 0.224 e. The number of ether oxygens (including phenoxy) is 2. The van der Waals surface area contributed by atoms with E-state index in [0.29, 0.717) is 5.95 Å². The normalized spacial score (nSPS) is 23.4. The van der Waals surface area contributed by atoms with E-state index < -0.39 is 0 Å². The zero-order chi connectivity index (χ0) is 13.1. The first-order valence-electron chi connectivity index (χ1n) is 6.02. The molecule has 0 amide bonds. The van der Waals surface area contributed by atoms with E-state index in [1.807, 2.05) is 20.0 Å². The number of nitrogens with one attached hydrogen (secondary N) is 1. The molecule has 2 rings (SSSR count). The largest absolute Gasteiger partial charge is 0.377 e. The number of rotatable bonds is 4. The van der Waals surface area contributed by atoms with Gasteiger partial charge in [-0.25, -0.2) is 4.98 Å². The van der Waals surface area contributed by atoms with Crippen LogP contribution in [-0.2, 0) is 9.47 Å². The molecule has 1 aromatic rings. The fourth-order valence-electron chi connectivity index (χ4n) is 2.21. The van der Waals surface area contributed by atoms with Crippen molar-refractivity contribution in [2.24, 2.45) is 0 Å². The second kappa shape index (κ2) is 5.49. The summed E-state index contributed by atoms with van der Waals surface area (Å²) in [4.78, 5) is 10.9. The quantitative estimate of drug-likeness (QED) is 0.850. The average Bonchev–Trinajstić information content (AvgIpc) is 2.81. The first-order valence-corrected chi connectivity index (χ1v) is 6.02. The molecule has 1 aliphatic heterocycles. The van der Waals surface area contributed by atoms with Crippen molar-refractivity contribution in [3.05, 3.63) is 11.8 Å². The Morgan fingerprint density at radius 2 is 1.83 bits per heavy atom. The van der Waals surface area contributed by atoms with Crippen LogP contribution in [0.1, 0.15) is 5.69 Å². The van der Waals surface area contributed by atoms with E-state index >= 15 is 0 Å². The van der Waals surface area contributed by atoms with Crippen molar-refractivity contribution in [3.63, 3.8) is 0 Å². The van der Waals surface area contributed by atoms with Crippen LogP contribution in [0.25, 0.3) is 0 Å². The number of aryl methyl sites for hydroxylation is 1. The van der Waals surface area contributed by atoms with Gasteiger partial charge in [-0.1, -0.05) is 0 Å². The molecule has 2 atom stereocenters. The van der Waals surface area contributed by atoms with E-state index in [1.165, 1.54) is 0 Å². The zero-order valence-electron chi connectivity index (χ0n) is 11.3. The number of aromatic nitrogens is 2. The van der Waals surface area contributed by atoms with Crippen LogP contribution in [0.5, 0.6) is 0 Å². The maximum atomic E-state index is 5.43. The van der Waals surface area contributed by atoms with Crippen LogP contribution in [0, 0.1) is 6.92 Å². The number of hydrogen-bond donors (Lipinski definition) is 1. The van der Waals surface area contributed by atoms with Crippen LogP contribution in [0.3, 0.4) is 0 Å². The van der Waals surface area contributed by atoms with Gasteiger partial charge in [0.2, 0.25) is 5.95 Å². The summed E-state index contributed by atoms with van der Waals surface area (Å²) in [6.07, 6.45) is 0.173. The smallest absolute Gasteiger partial charge is 0.224 e. The molecule has 0 bridgehead atoms. The Bertz CT molecular complexity index is 401. The molecule has 18 heavy (non-hydrogen) atoms. The molecule has 2 heterocycles. The maximum absolute atomic E-state index is 5.43. The predicted octanol–water partition coefficient (Wildman–Crippen LogP) is 0.677. The molecule has 6 nitrogen and oxygen atoms in total. The van der Waals surface area contributed by atoms with Crippen molar-refractivity contribution in [1.29, 1.82) is 0 Å². The van der Waals surface area contributed by atoms with Gasteiger partial charge < -0.3 is 19.7 Å². The summed E-state index contributed by atoms with van der Waals surface area (Å²) in [6.45, 7) is 3.53. The fourth-order valence-corrected chi connectivity index (χ4v) is 2.21. The zero-order valence-corrected chi connectivity index (χ0v) is 11.3. The first kappa shape index (κ1) is 13.0. The average molecular weight is 252 g/mol. The topological polar surface area (TPSA) is 59.5 Å². The van der Waals surface area contributed by atoms with Crippen molar-refractivity contribution in [2.75, 3.05) is 44.6 Å². The SMILES string of the molecule is CNc1nc(C)cc(N2CC(OC)C(OC)C2)n1. The van der Waals surface area contributed by atoms with Crippen LogP contribution in [-0.4, -0.2) is 56.5 Å². The van der Waals surface area contributed by atoms with Crippen molar-refractivity contribution in [3.8, 4) is 0 Å². The summed E-state index contributed by atoms with van der Waals surface area (Å²) in [5, 5.41) is 2.97. The summed E-state index contributed by atoms with van der Waals surface area (Å²) >= 11 is 0. The van der Waals surface area contributed by atoms with Gasteiger partial charge in [-0.15, -0.1) is 0 Å². The molecule has 1 N–H and O–H groups in total. The standard InChI is InChI=1S/C12H20N4O2/c1-8-5-11(15-12(13-2)14-8)16-6-9(17-3)10(7-16)18-4/h5,9-10H,6-7H2,1-4H3,(H,13,14,15). The summed E-state index contributed by atoms with van der Waals surface area (Å²) in [6, 6.07) is 1.98. The Morgan fingerprint density at radius 3 is 2.33 bits per heavy atom. The number of methoxy groups -OCH3 is 2. The Balaban J connectivity index is 2.20. The van der Waals surface area contributed by atoms with Crippen LogP contribution in [0.15, 0.2) is 6.07 Å². The third kappa shape index (κ3) is 2.54. The molecule has 0 radical (unpaired) electrons. The summed E-state index contributed by atoms with van der Waals surface area (Å²) in [5.41, 5.74) is 0.944. The monoisotopic (exact) mass is 252 g/mol. The highest BCUT2D eigenvalue weighted by atomic mass is 16.5. The Kier molecular flexibility index (Phi) is 3.98. The van der Waals surface area contributed by atoms with E-state index in [-0.39, 0.29) is 12.2 Å². The highest BCUT2D eigenvalue weighted by Crippen LogP contribution is 2.23. The number of anilines is 2. The minimum Gasteiger partial charge on any atom is -0.377 e. The molecular weight excluding hydrogens is 232 g/mol. The van der Waals surface area contributed by atoms with Gasteiger partial charge >= 0.3 is 0 Å². The molecule has 0 spiro atoms. The van der Waals surface area contributed by atoms with Gasteiger partial charge in [0, 0.05) is 46.1 Å². The van der Waals surface area contributed by atoms with Gasteiger partial charge in [0.05, 0.1) is 0 Å². The highest BCUT2D eigenvalue weighted by molar-refractivity contribution is 5.46. The lowest BCUT2D eigenvalue weighted by Crippen LogP contribution is -2.27. The molecule has 2 unspecified atom stereocenters. The van der Waals surface area contributed by atoms with Gasteiger partial charge in [0.25, 0.3) is 0 Å². The van der Waals surface area contributed by atoms with Gasteiger partial charge in [0.15, 0.2) is 0 Å².